The van der Waals surface area contributed by atoms with Gasteiger partial charge < -0.3 is 14.8 Å². The van der Waals surface area contributed by atoms with Crippen LogP contribution in [0.2, 0.25) is 0 Å². The third-order valence-electron chi connectivity index (χ3n) is 6.84. The number of nitrogens with one attached hydrogen (secondary N) is 1. The average molecular weight is 586 g/mol. The highest BCUT2D eigenvalue weighted by molar-refractivity contribution is 5.95. The molecule has 0 spiro atoms. The van der Waals surface area contributed by atoms with Crippen molar-refractivity contribution in [3.05, 3.63) is 95.1 Å². The highest BCUT2D eigenvalue weighted by Crippen LogP contribution is 2.29. The number of rotatable bonds is 10. The summed E-state index contributed by atoms with van der Waals surface area (Å²) in [6, 6.07) is 25.2. The fourth-order valence-corrected chi connectivity index (χ4v) is 4.30. The van der Waals surface area contributed by atoms with Crippen LogP contribution in [0.15, 0.2) is 72.8 Å². The van der Waals surface area contributed by atoms with E-state index in [9.17, 15) is 14.4 Å². The van der Waals surface area contributed by atoms with Crippen molar-refractivity contribution in [3.63, 3.8) is 0 Å². The van der Waals surface area contributed by atoms with Crippen molar-refractivity contribution in [3.8, 4) is 11.1 Å². The number of ether oxygens (including phenoxy) is 2. The van der Waals surface area contributed by atoms with Gasteiger partial charge in [-0.1, -0.05) is 108 Å². The Morgan fingerprint density at radius 1 is 0.767 bits per heavy atom. The molecular weight excluding hydrogens is 538 g/mol. The molecule has 0 bridgehead atoms. The van der Waals surface area contributed by atoms with Crippen molar-refractivity contribution >= 4 is 29.5 Å². The van der Waals surface area contributed by atoms with E-state index in [0.717, 1.165) is 17.5 Å². The van der Waals surface area contributed by atoms with Crippen LogP contribution in [0.5, 0.6) is 0 Å². The molecule has 0 fully saturated rings. The molecule has 3 aromatic carbocycles. The minimum Gasteiger partial charge on any atom is -0.469 e. The van der Waals surface area contributed by atoms with Gasteiger partial charge in [0.05, 0.1) is 20.6 Å². The Bertz CT molecular complexity index is 1340. The molecule has 0 aromatic heterocycles. The lowest BCUT2D eigenvalue weighted by Crippen LogP contribution is -2.26. The molecule has 1 N–H and O–H groups in total. The normalized spacial score (nSPS) is 11.3. The van der Waals surface area contributed by atoms with E-state index < -0.39 is 0 Å². The molecule has 43 heavy (non-hydrogen) atoms. The summed E-state index contributed by atoms with van der Waals surface area (Å²) in [5.74, 6) is -0.204. The molecule has 6 heteroatoms. The first kappa shape index (κ1) is 35.0. The molecule has 0 heterocycles. The summed E-state index contributed by atoms with van der Waals surface area (Å²) in [6.07, 6.45) is 3.79. The molecule has 0 unspecified atom stereocenters. The van der Waals surface area contributed by atoms with E-state index in [1.807, 2.05) is 24.3 Å². The third-order valence-corrected chi connectivity index (χ3v) is 6.84. The van der Waals surface area contributed by atoms with Gasteiger partial charge in [0.2, 0.25) is 0 Å². The zero-order valence-corrected chi connectivity index (χ0v) is 27.0. The molecule has 0 saturated carbocycles. The smallest absolute Gasteiger partial charge is 0.307 e. The van der Waals surface area contributed by atoms with E-state index in [1.54, 1.807) is 6.92 Å². The van der Waals surface area contributed by atoms with E-state index >= 15 is 0 Å². The zero-order valence-electron chi connectivity index (χ0n) is 27.0. The van der Waals surface area contributed by atoms with Gasteiger partial charge >= 0.3 is 11.9 Å². The quantitative estimate of drug-likeness (QED) is 0.192. The van der Waals surface area contributed by atoms with Crippen molar-refractivity contribution in [2.45, 2.75) is 66.2 Å². The summed E-state index contributed by atoms with van der Waals surface area (Å²) in [7, 11) is 2.72. The summed E-state index contributed by atoms with van der Waals surface area (Å²) >= 11 is 0. The molecule has 0 aliphatic heterocycles. The van der Waals surface area contributed by atoms with Crippen LogP contribution in [0.25, 0.3) is 22.8 Å². The van der Waals surface area contributed by atoms with Gasteiger partial charge in [-0.15, -0.1) is 0 Å². The minimum atomic E-state index is -0.342. The Morgan fingerprint density at radius 3 is 1.72 bits per heavy atom. The van der Waals surface area contributed by atoms with Gasteiger partial charge in [-0.25, -0.2) is 0 Å². The van der Waals surface area contributed by atoms with Crippen molar-refractivity contribution < 1.29 is 23.9 Å². The zero-order chi connectivity index (χ0) is 32.0. The van der Waals surface area contributed by atoms with Gasteiger partial charge in [-0.05, 0) is 63.3 Å². The molecule has 0 aliphatic rings. The van der Waals surface area contributed by atoms with Gasteiger partial charge in [-0.3, -0.25) is 14.4 Å². The number of carbonyl (C=O) groups excluding carboxylic acids is 3. The molecule has 0 atom stereocenters. The van der Waals surface area contributed by atoms with Crippen molar-refractivity contribution in [1.29, 1.82) is 0 Å². The van der Waals surface area contributed by atoms with Gasteiger partial charge in [-0.2, -0.15) is 0 Å². The number of hydrogen-bond donors (Lipinski definition) is 1. The van der Waals surface area contributed by atoms with Crippen LogP contribution in [0.4, 0.5) is 0 Å². The van der Waals surface area contributed by atoms with Crippen LogP contribution in [0.3, 0.4) is 0 Å². The Kier molecular flexibility index (Phi) is 13.9. The second-order valence-electron chi connectivity index (χ2n) is 11.8. The Hall–Kier alpha value is -4.19. The van der Waals surface area contributed by atoms with Crippen LogP contribution in [0.1, 0.15) is 87.9 Å². The molecule has 6 nitrogen and oxygen atoms in total. The number of amides is 1. The number of methoxy groups -OCH3 is 2. The molecule has 3 rings (SSSR count). The van der Waals surface area contributed by atoms with E-state index in [4.69, 9.17) is 0 Å². The summed E-state index contributed by atoms with van der Waals surface area (Å²) in [4.78, 5) is 33.6. The van der Waals surface area contributed by atoms with Crippen LogP contribution >= 0.6 is 0 Å². The Labute approximate surface area is 257 Å². The van der Waals surface area contributed by atoms with Gasteiger partial charge in [0.1, 0.15) is 0 Å². The van der Waals surface area contributed by atoms with Crippen molar-refractivity contribution in [1.82, 2.24) is 5.32 Å². The molecule has 0 saturated heterocycles. The second kappa shape index (κ2) is 17.1. The third kappa shape index (κ3) is 11.9. The largest absolute Gasteiger partial charge is 0.469 e. The lowest BCUT2D eigenvalue weighted by molar-refractivity contribution is -0.141. The monoisotopic (exact) mass is 585 g/mol. The predicted molar refractivity (Wildman–Crippen MR) is 176 cm³/mol. The van der Waals surface area contributed by atoms with Crippen LogP contribution in [-0.2, 0) is 24.5 Å². The molecule has 0 aliphatic carbocycles. The second-order valence-corrected chi connectivity index (χ2v) is 11.8. The van der Waals surface area contributed by atoms with E-state index in [-0.39, 0.29) is 36.2 Å². The lowest BCUT2D eigenvalue weighted by Gasteiger charge is -2.19. The predicted octanol–water partition coefficient (Wildman–Crippen LogP) is 8.10. The maximum absolute atomic E-state index is 12.4. The molecule has 230 valence electrons. The van der Waals surface area contributed by atoms with Crippen LogP contribution < -0.4 is 5.32 Å². The first-order valence-electron chi connectivity index (χ1n) is 14.8. The number of allylic oxidation sites excluding steroid dienone is 1. The van der Waals surface area contributed by atoms with E-state index in [1.165, 1.54) is 36.5 Å². The molecular formula is C37H47NO5. The Balaban J connectivity index is 0.000000973. The lowest BCUT2D eigenvalue weighted by atomic mass is 9.86. The highest BCUT2D eigenvalue weighted by Gasteiger charge is 2.13. The summed E-state index contributed by atoms with van der Waals surface area (Å²) < 4.78 is 8.87. The standard InChI is InChI=1S/C33H39NO3.C4H8O2/c1-23(2)21-29(27-11-13-28(14-12-27)32(36)34-20-19-31(35)37-6)22-24-7-9-25(10-8-24)26-15-17-30(18-16-26)33(3,4)5;1-3-4(5)6-2/h7-18,22-23H,19-21H2,1-6H3,(H,34,36);3H2,1-2H3. The topological polar surface area (TPSA) is 81.7 Å². The number of hydrogen-bond acceptors (Lipinski definition) is 5. The van der Waals surface area contributed by atoms with Crippen molar-refractivity contribution in [2.75, 3.05) is 20.8 Å². The molecule has 3 aromatic rings. The first-order valence-corrected chi connectivity index (χ1v) is 14.8. The maximum Gasteiger partial charge on any atom is 0.307 e. The summed E-state index contributed by atoms with van der Waals surface area (Å²) in [5, 5.41) is 2.76. The minimum absolute atomic E-state index is 0.145. The number of esters is 2. The van der Waals surface area contributed by atoms with Gasteiger partial charge in [0, 0.05) is 18.5 Å². The van der Waals surface area contributed by atoms with Crippen molar-refractivity contribution in [2.24, 2.45) is 5.92 Å². The van der Waals surface area contributed by atoms with Crippen LogP contribution in [0, 0.1) is 5.92 Å². The van der Waals surface area contributed by atoms with Gasteiger partial charge in [0.25, 0.3) is 5.91 Å². The summed E-state index contributed by atoms with van der Waals surface area (Å²) in [5.41, 5.74) is 7.94. The maximum atomic E-state index is 12.4. The Morgan fingerprint density at radius 2 is 1.28 bits per heavy atom. The van der Waals surface area contributed by atoms with Gasteiger partial charge in [0.15, 0.2) is 0 Å². The molecule has 0 radical (unpaired) electrons. The SMILES string of the molecule is CCC(=O)OC.COC(=O)CCNC(=O)c1ccc(C(=Cc2ccc(-c3ccc(C(C)(C)C)cc3)cc2)CC(C)C)cc1. The highest BCUT2D eigenvalue weighted by atomic mass is 16.5. The van der Waals surface area contributed by atoms with E-state index in [2.05, 4.69) is 104 Å². The average Bonchev–Trinajstić information content (AvgIpc) is 3.00. The summed E-state index contributed by atoms with van der Waals surface area (Å²) in [6.45, 7) is 13.1. The van der Waals surface area contributed by atoms with Crippen LogP contribution in [-0.4, -0.2) is 38.6 Å². The fraction of sp³-hybridized carbons (Fsp3) is 0.378. The molecule has 1 amide bonds. The number of benzene rings is 3. The first-order chi connectivity index (χ1) is 20.4. The number of carbonyl (C=O) groups is 3. The van der Waals surface area contributed by atoms with E-state index in [0.29, 0.717) is 17.9 Å². The fourth-order valence-electron chi connectivity index (χ4n) is 4.30.